The molecule has 0 heterocycles. The predicted octanol–water partition coefficient (Wildman–Crippen LogP) is 3.68. The van der Waals surface area contributed by atoms with Crippen LogP contribution in [0, 0.1) is 6.92 Å². The second-order valence-electron chi connectivity index (χ2n) is 4.71. The molecular weight excluding hydrogens is 234 g/mol. The summed E-state index contributed by atoms with van der Waals surface area (Å²) < 4.78 is 5.81. The molecule has 2 rings (SSSR count). The van der Waals surface area contributed by atoms with Crippen LogP contribution in [0.4, 0.5) is 0 Å². The maximum atomic E-state index is 5.81. The lowest BCUT2D eigenvalue weighted by Gasteiger charge is -2.09. The molecule has 1 N–H and O–H groups in total. The molecule has 2 aromatic rings. The maximum Gasteiger partial charge on any atom is 0.120 e. The molecular formula is C17H21NO. The minimum Gasteiger partial charge on any atom is -0.489 e. The van der Waals surface area contributed by atoms with Gasteiger partial charge in [-0.05, 0) is 42.3 Å². The van der Waals surface area contributed by atoms with Crippen LogP contribution in [0.1, 0.15) is 23.6 Å². The molecule has 0 fully saturated rings. The van der Waals surface area contributed by atoms with Crippen molar-refractivity contribution in [2.45, 2.75) is 27.0 Å². The van der Waals surface area contributed by atoms with E-state index in [1.165, 1.54) is 16.7 Å². The van der Waals surface area contributed by atoms with E-state index in [0.29, 0.717) is 6.61 Å². The summed E-state index contributed by atoms with van der Waals surface area (Å²) in [6.07, 6.45) is 0. The van der Waals surface area contributed by atoms with Crippen molar-refractivity contribution in [2.75, 3.05) is 6.54 Å². The van der Waals surface area contributed by atoms with Crippen molar-refractivity contribution in [3.8, 4) is 5.75 Å². The Balaban J connectivity index is 1.95. The zero-order valence-corrected chi connectivity index (χ0v) is 11.6. The largest absolute Gasteiger partial charge is 0.489 e. The molecule has 0 unspecified atom stereocenters. The van der Waals surface area contributed by atoms with Crippen LogP contribution in [0.15, 0.2) is 48.5 Å². The zero-order valence-electron chi connectivity index (χ0n) is 11.6. The number of hydrogen-bond donors (Lipinski definition) is 1. The molecule has 0 saturated carbocycles. The summed E-state index contributed by atoms with van der Waals surface area (Å²) in [5.74, 6) is 0.928. The zero-order chi connectivity index (χ0) is 13.5. The molecule has 0 radical (unpaired) electrons. The van der Waals surface area contributed by atoms with Crippen LogP contribution in [-0.2, 0) is 13.2 Å². The molecule has 0 amide bonds. The van der Waals surface area contributed by atoms with Crippen molar-refractivity contribution < 1.29 is 4.74 Å². The first-order chi connectivity index (χ1) is 9.28. The van der Waals surface area contributed by atoms with Gasteiger partial charge in [-0.3, -0.25) is 0 Å². The molecule has 2 heteroatoms. The van der Waals surface area contributed by atoms with Gasteiger partial charge in [0.05, 0.1) is 0 Å². The SMILES string of the molecule is CCNCc1cccc(COc2cccc(C)c2)c1. The lowest BCUT2D eigenvalue weighted by atomic mass is 10.1. The van der Waals surface area contributed by atoms with Crippen LogP contribution in [0.3, 0.4) is 0 Å². The van der Waals surface area contributed by atoms with E-state index in [2.05, 4.69) is 55.6 Å². The lowest BCUT2D eigenvalue weighted by molar-refractivity contribution is 0.306. The molecule has 0 bridgehead atoms. The summed E-state index contributed by atoms with van der Waals surface area (Å²) in [4.78, 5) is 0. The Kier molecular flexibility index (Phi) is 4.99. The van der Waals surface area contributed by atoms with Crippen molar-refractivity contribution in [2.24, 2.45) is 0 Å². The molecule has 0 aromatic heterocycles. The number of benzene rings is 2. The van der Waals surface area contributed by atoms with E-state index in [1.54, 1.807) is 0 Å². The van der Waals surface area contributed by atoms with E-state index >= 15 is 0 Å². The molecule has 0 spiro atoms. The van der Waals surface area contributed by atoms with E-state index in [-0.39, 0.29) is 0 Å². The number of rotatable bonds is 6. The number of hydrogen-bond acceptors (Lipinski definition) is 2. The quantitative estimate of drug-likeness (QED) is 0.850. The average Bonchev–Trinajstić information content (AvgIpc) is 2.43. The van der Waals surface area contributed by atoms with Gasteiger partial charge in [-0.1, -0.05) is 43.3 Å². The molecule has 0 atom stereocenters. The third kappa shape index (κ3) is 4.42. The topological polar surface area (TPSA) is 21.3 Å². The van der Waals surface area contributed by atoms with Crippen molar-refractivity contribution in [3.63, 3.8) is 0 Å². The Labute approximate surface area is 115 Å². The second-order valence-corrected chi connectivity index (χ2v) is 4.71. The highest BCUT2D eigenvalue weighted by molar-refractivity contribution is 5.28. The molecule has 0 saturated heterocycles. The van der Waals surface area contributed by atoms with Crippen LogP contribution in [0.25, 0.3) is 0 Å². The van der Waals surface area contributed by atoms with Crippen molar-refractivity contribution in [1.82, 2.24) is 5.32 Å². The minimum absolute atomic E-state index is 0.615. The summed E-state index contributed by atoms with van der Waals surface area (Å²) in [5, 5.41) is 3.33. The van der Waals surface area contributed by atoms with Gasteiger partial charge >= 0.3 is 0 Å². The van der Waals surface area contributed by atoms with Gasteiger partial charge < -0.3 is 10.1 Å². The first-order valence-corrected chi connectivity index (χ1v) is 6.76. The molecule has 19 heavy (non-hydrogen) atoms. The summed E-state index contributed by atoms with van der Waals surface area (Å²) >= 11 is 0. The normalized spacial score (nSPS) is 10.4. The van der Waals surface area contributed by atoms with Crippen LogP contribution in [-0.4, -0.2) is 6.54 Å². The minimum atomic E-state index is 0.615. The number of nitrogens with one attached hydrogen (secondary N) is 1. The second kappa shape index (κ2) is 6.95. The molecule has 0 aliphatic heterocycles. The first kappa shape index (κ1) is 13.6. The van der Waals surface area contributed by atoms with Gasteiger partial charge in [0, 0.05) is 6.54 Å². The first-order valence-electron chi connectivity index (χ1n) is 6.76. The Bertz CT molecular complexity index is 522. The third-order valence-electron chi connectivity index (χ3n) is 2.97. The van der Waals surface area contributed by atoms with Crippen molar-refractivity contribution in [1.29, 1.82) is 0 Å². The third-order valence-corrected chi connectivity index (χ3v) is 2.97. The molecule has 2 nitrogen and oxygen atoms in total. The van der Waals surface area contributed by atoms with Crippen LogP contribution >= 0.6 is 0 Å². The summed E-state index contributed by atoms with van der Waals surface area (Å²) in [6, 6.07) is 16.7. The molecule has 0 aliphatic carbocycles. The number of aryl methyl sites for hydroxylation is 1. The van der Waals surface area contributed by atoms with Gasteiger partial charge in [0.2, 0.25) is 0 Å². The van der Waals surface area contributed by atoms with Gasteiger partial charge in [0.15, 0.2) is 0 Å². The fourth-order valence-electron chi connectivity index (χ4n) is 1.97. The Morgan fingerprint density at radius 3 is 2.58 bits per heavy atom. The molecule has 100 valence electrons. The summed E-state index contributed by atoms with van der Waals surface area (Å²) in [6.45, 7) is 6.71. The summed E-state index contributed by atoms with van der Waals surface area (Å²) in [5.41, 5.74) is 3.72. The summed E-state index contributed by atoms with van der Waals surface area (Å²) in [7, 11) is 0. The van der Waals surface area contributed by atoms with Crippen molar-refractivity contribution in [3.05, 3.63) is 65.2 Å². The van der Waals surface area contributed by atoms with E-state index < -0.39 is 0 Å². The Hall–Kier alpha value is -1.80. The Morgan fingerprint density at radius 1 is 1.00 bits per heavy atom. The fourth-order valence-corrected chi connectivity index (χ4v) is 1.97. The van der Waals surface area contributed by atoms with Crippen LogP contribution in [0.2, 0.25) is 0 Å². The van der Waals surface area contributed by atoms with Gasteiger partial charge in [-0.15, -0.1) is 0 Å². The molecule has 0 aliphatic rings. The lowest BCUT2D eigenvalue weighted by Crippen LogP contribution is -2.11. The van der Waals surface area contributed by atoms with Gasteiger partial charge in [-0.2, -0.15) is 0 Å². The van der Waals surface area contributed by atoms with Gasteiger partial charge in [0.25, 0.3) is 0 Å². The Morgan fingerprint density at radius 2 is 1.79 bits per heavy atom. The highest BCUT2D eigenvalue weighted by Crippen LogP contribution is 2.15. The highest BCUT2D eigenvalue weighted by atomic mass is 16.5. The van der Waals surface area contributed by atoms with E-state index in [0.717, 1.165) is 18.8 Å². The van der Waals surface area contributed by atoms with Crippen LogP contribution in [0.5, 0.6) is 5.75 Å². The van der Waals surface area contributed by atoms with Crippen molar-refractivity contribution >= 4 is 0 Å². The fraction of sp³-hybridized carbons (Fsp3) is 0.294. The van der Waals surface area contributed by atoms with E-state index in [1.807, 2.05) is 12.1 Å². The van der Waals surface area contributed by atoms with E-state index in [9.17, 15) is 0 Å². The highest BCUT2D eigenvalue weighted by Gasteiger charge is 1.98. The monoisotopic (exact) mass is 255 g/mol. The molecule has 2 aromatic carbocycles. The van der Waals surface area contributed by atoms with Gasteiger partial charge in [0.1, 0.15) is 12.4 Å². The van der Waals surface area contributed by atoms with E-state index in [4.69, 9.17) is 4.74 Å². The standard InChI is InChI=1S/C17H21NO/c1-3-18-12-15-7-5-8-16(11-15)13-19-17-9-4-6-14(2)10-17/h4-11,18H,3,12-13H2,1-2H3. The predicted molar refractivity (Wildman–Crippen MR) is 79.3 cm³/mol. The van der Waals surface area contributed by atoms with Crippen LogP contribution < -0.4 is 10.1 Å². The average molecular weight is 255 g/mol. The smallest absolute Gasteiger partial charge is 0.120 e. The number of ether oxygens (including phenoxy) is 1. The van der Waals surface area contributed by atoms with Gasteiger partial charge in [-0.25, -0.2) is 0 Å². The maximum absolute atomic E-state index is 5.81.